The number of unbranched alkanes of at least 4 members (excludes halogenated alkanes) is 4. The van der Waals surface area contributed by atoms with Crippen LogP contribution in [0.25, 0.3) is 0 Å². The van der Waals surface area contributed by atoms with E-state index in [1.165, 1.54) is 19.3 Å². The molecule has 0 heterocycles. The molecule has 0 aromatic heterocycles. The molecule has 0 aromatic rings. The van der Waals surface area contributed by atoms with E-state index in [0.717, 1.165) is 32.1 Å². The van der Waals surface area contributed by atoms with Crippen LogP contribution in [0.5, 0.6) is 0 Å². The van der Waals surface area contributed by atoms with Gasteiger partial charge in [-0.3, -0.25) is 4.79 Å². The smallest absolute Gasteiger partial charge is 0.309 e. The van der Waals surface area contributed by atoms with Crippen molar-refractivity contribution in [1.82, 2.24) is 0 Å². The van der Waals surface area contributed by atoms with Crippen molar-refractivity contribution >= 4 is 5.97 Å². The summed E-state index contributed by atoms with van der Waals surface area (Å²) in [7, 11) is 0. The zero-order valence-corrected chi connectivity index (χ0v) is 12.3. The van der Waals surface area contributed by atoms with Crippen LogP contribution in [-0.4, -0.2) is 23.8 Å². The average Bonchev–Trinajstić information content (AvgIpc) is 2.35. The van der Waals surface area contributed by atoms with Gasteiger partial charge in [-0.25, -0.2) is 0 Å². The van der Waals surface area contributed by atoms with Crippen molar-refractivity contribution in [3.8, 4) is 0 Å². The molecule has 0 radical (unpaired) electrons. The van der Waals surface area contributed by atoms with Crippen LogP contribution in [0.2, 0.25) is 0 Å². The molecule has 3 heteroatoms. The number of ether oxygens (including phenoxy) is 1. The number of rotatable bonds is 11. The second-order valence-corrected chi connectivity index (χ2v) is 5.17. The summed E-state index contributed by atoms with van der Waals surface area (Å²) in [5.74, 6) is -0.0959. The Morgan fingerprint density at radius 2 is 1.67 bits per heavy atom. The van der Waals surface area contributed by atoms with Gasteiger partial charge in [-0.05, 0) is 19.8 Å². The highest BCUT2D eigenvalue weighted by Crippen LogP contribution is 2.19. The highest BCUT2D eigenvalue weighted by Gasteiger charge is 2.19. The molecule has 2 unspecified atom stereocenters. The van der Waals surface area contributed by atoms with E-state index in [-0.39, 0.29) is 18.5 Å². The van der Waals surface area contributed by atoms with Gasteiger partial charge in [0.1, 0.15) is 6.61 Å². The van der Waals surface area contributed by atoms with Crippen LogP contribution in [0.4, 0.5) is 0 Å². The lowest BCUT2D eigenvalue weighted by Crippen LogP contribution is -2.22. The van der Waals surface area contributed by atoms with Gasteiger partial charge in [0.05, 0.1) is 12.0 Å². The zero-order chi connectivity index (χ0) is 13.8. The van der Waals surface area contributed by atoms with Gasteiger partial charge < -0.3 is 9.84 Å². The summed E-state index contributed by atoms with van der Waals surface area (Å²) in [6, 6.07) is 0. The molecule has 108 valence electrons. The minimum atomic E-state index is -0.569. The van der Waals surface area contributed by atoms with Gasteiger partial charge in [-0.2, -0.15) is 0 Å². The first kappa shape index (κ1) is 17.4. The highest BCUT2D eigenvalue weighted by atomic mass is 16.5. The summed E-state index contributed by atoms with van der Waals surface area (Å²) < 4.78 is 5.13. The molecule has 0 bridgehead atoms. The molecule has 0 aliphatic rings. The second-order valence-electron chi connectivity index (χ2n) is 5.17. The number of hydrogen-bond acceptors (Lipinski definition) is 3. The normalized spacial score (nSPS) is 14.2. The van der Waals surface area contributed by atoms with E-state index in [1.54, 1.807) is 6.92 Å². The molecule has 0 aromatic carbocycles. The van der Waals surface area contributed by atoms with Crippen molar-refractivity contribution < 1.29 is 14.6 Å². The summed E-state index contributed by atoms with van der Waals surface area (Å²) in [6.07, 6.45) is 8.21. The van der Waals surface area contributed by atoms with Crippen molar-refractivity contribution in [1.29, 1.82) is 0 Å². The minimum Gasteiger partial charge on any atom is -0.463 e. The predicted octanol–water partition coefficient (Wildman–Crippen LogP) is 3.69. The first-order valence-electron chi connectivity index (χ1n) is 7.46. The summed E-state index contributed by atoms with van der Waals surface area (Å²) in [4.78, 5) is 11.9. The predicted molar refractivity (Wildman–Crippen MR) is 74.4 cm³/mol. The fraction of sp³-hybridized carbons (Fsp3) is 0.933. The number of aliphatic hydroxyl groups is 1. The maximum Gasteiger partial charge on any atom is 0.309 e. The first-order chi connectivity index (χ1) is 8.61. The van der Waals surface area contributed by atoms with Crippen molar-refractivity contribution in [2.75, 3.05) is 6.61 Å². The Balaban J connectivity index is 3.98. The second kappa shape index (κ2) is 11.5. The number of carbonyl (C=O) groups is 1. The number of esters is 1. The van der Waals surface area contributed by atoms with Crippen LogP contribution in [0.15, 0.2) is 0 Å². The van der Waals surface area contributed by atoms with E-state index >= 15 is 0 Å². The summed E-state index contributed by atoms with van der Waals surface area (Å²) in [6.45, 7) is 6.08. The Morgan fingerprint density at radius 3 is 2.22 bits per heavy atom. The van der Waals surface area contributed by atoms with E-state index in [4.69, 9.17) is 9.84 Å². The molecule has 3 nitrogen and oxygen atoms in total. The van der Waals surface area contributed by atoms with Crippen molar-refractivity contribution in [3.05, 3.63) is 0 Å². The molecule has 0 aliphatic heterocycles. The van der Waals surface area contributed by atoms with Crippen molar-refractivity contribution in [3.63, 3.8) is 0 Å². The number of carbonyl (C=O) groups excluding carboxylic acids is 1. The van der Waals surface area contributed by atoms with Crippen molar-refractivity contribution in [2.24, 2.45) is 5.92 Å². The maximum atomic E-state index is 11.9. The molecular weight excluding hydrogens is 228 g/mol. The third-order valence-electron chi connectivity index (χ3n) is 3.11. The van der Waals surface area contributed by atoms with Crippen LogP contribution in [-0.2, 0) is 9.53 Å². The molecule has 0 saturated heterocycles. The fourth-order valence-corrected chi connectivity index (χ4v) is 1.97. The monoisotopic (exact) mass is 258 g/mol. The molecule has 0 rings (SSSR count). The lowest BCUT2D eigenvalue weighted by Gasteiger charge is -2.16. The lowest BCUT2D eigenvalue weighted by atomic mass is 9.95. The first-order valence-corrected chi connectivity index (χ1v) is 7.46. The van der Waals surface area contributed by atoms with Crippen LogP contribution in [0.3, 0.4) is 0 Å². The van der Waals surface area contributed by atoms with E-state index in [1.807, 2.05) is 0 Å². The van der Waals surface area contributed by atoms with Gasteiger partial charge in [0, 0.05) is 0 Å². The number of hydrogen-bond donors (Lipinski definition) is 1. The molecule has 0 saturated carbocycles. The van der Waals surface area contributed by atoms with E-state index in [2.05, 4.69) is 13.8 Å². The fourth-order valence-electron chi connectivity index (χ4n) is 1.97. The largest absolute Gasteiger partial charge is 0.463 e. The lowest BCUT2D eigenvalue weighted by molar-refractivity contribution is -0.151. The van der Waals surface area contributed by atoms with E-state index in [9.17, 15) is 4.79 Å². The SMILES string of the molecule is CCCCCCC(CCCC)C(=O)OCC(C)O. The van der Waals surface area contributed by atoms with Crippen LogP contribution in [0, 0.1) is 5.92 Å². The van der Waals surface area contributed by atoms with Crippen molar-refractivity contribution in [2.45, 2.75) is 78.2 Å². The minimum absolute atomic E-state index is 0.0283. The summed E-state index contributed by atoms with van der Waals surface area (Å²) in [5, 5.41) is 9.13. The summed E-state index contributed by atoms with van der Waals surface area (Å²) >= 11 is 0. The maximum absolute atomic E-state index is 11.9. The van der Waals surface area contributed by atoms with E-state index < -0.39 is 6.10 Å². The van der Waals surface area contributed by atoms with Gasteiger partial charge in [-0.1, -0.05) is 52.4 Å². The zero-order valence-electron chi connectivity index (χ0n) is 12.3. The Morgan fingerprint density at radius 1 is 1.06 bits per heavy atom. The Kier molecular flexibility index (Phi) is 11.2. The molecule has 0 amide bonds. The molecule has 2 atom stereocenters. The quantitative estimate of drug-likeness (QED) is 0.454. The highest BCUT2D eigenvalue weighted by molar-refractivity contribution is 5.72. The van der Waals surface area contributed by atoms with E-state index in [0.29, 0.717) is 0 Å². The topological polar surface area (TPSA) is 46.5 Å². The molecule has 18 heavy (non-hydrogen) atoms. The standard InChI is InChI=1S/C15H30O3/c1-4-6-8-9-11-14(10-7-5-2)15(17)18-12-13(3)16/h13-14,16H,4-12H2,1-3H3. The third kappa shape index (κ3) is 9.46. The molecule has 0 aliphatic carbocycles. The summed E-state index contributed by atoms with van der Waals surface area (Å²) in [5.41, 5.74) is 0. The average molecular weight is 258 g/mol. The van der Waals surface area contributed by atoms with Gasteiger partial charge in [0.15, 0.2) is 0 Å². The van der Waals surface area contributed by atoms with Crippen LogP contribution < -0.4 is 0 Å². The van der Waals surface area contributed by atoms with Gasteiger partial charge in [0.25, 0.3) is 0 Å². The molecular formula is C15H30O3. The number of aliphatic hydroxyl groups excluding tert-OH is 1. The third-order valence-corrected chi connectivity index (χ3v) is 3.11. The molecule has 0 fully saturated rings. The molecule has 1 N–H and O–H groups in total. The van der Waals surface area contributed by atoms with Gasteiger partial charge >= 0.3 is 5.97 Å². The Labute approximate surface area is 112 Å². The van der Waals surface area contributed by atoms with Crippen LogP contribution in [0.1, 0.15) is 72.1 Å². The molecule has 0 spiro atoms. The Bertz CT molecular complexity index is 202. The van der Waals surface area contributed by atoms with Gasteiger partial charge in [0.2, 0.25) is 0 Å². The Hall–Kier alpha value is -0.570. The van der Waals surface area contributed by atoms with Gasteiger partial charge in [-0.15, -0.1) is 0 Å². The van der Waals surface area contributed by atoms with Crippen LogP contribution >= 0.6 is 0 Å².